The van der Waals surface area contributed by atoms with E-state index in [4.69, 9.17) is 4.74 Å². The highest BCUT2D eigenvalue weighted by molar-refractivity contribution is 6.46. The Morgan fingerprint density at radius 1 is 0.923 bits per heavy atom. The second-order valence-electron chi connectivity index (χ2n) is 6.18. The molecule has 0 radical (unpaired) electrons. The van der Waals surface area contributed by atoms with Gasteiger partial charge in [0.15, 0.2) is 0 Å². The molecule has 2 aromatic rings. The number of Topliss-reactive ketones (excluding diaryl/α,β-unsaturated/α-hetero) is 1. The lowest BCUT2D eigenvalue weighted by molar-refractivity contribution is -0.119. The molecule has 0 saturated heterocycles. The number of carbonyl (C=O) groups is 3. The van der Waals surface area contributed by atoms with Crippen LogP contribution in [0.4, 0.5) is 11.4 Å². The highest BCUT2D eigenvalue weighted by Crippen LogP contribution is 2.23. The van der Waals surface area contributed by atoms with Crippen LogP contribution < -0.4 is 10.6 Å². The second-order valence-corrected chi connectivity index (χ2v) is 6.18. The largest absolute Gasteiger partial charge is 0.375 e. The van der Waals surface area contributed by atoms with Crippen molar-refractivity contribution in [3.8, 4) is 0 Å². The Kier molecular flexibility index (Phi) is 5.43. The first-order chi connectivity index (χ1) is 12.6. The summed E-state index contributed by atoms with van der Waals surface area (Å²) in [6, 6.07) is 12.0. The second kappa shape index (κ2) is 7.93. The van der Waals surface area contributed by atoms with Crippen molar-refractivity contribution in [1.29, 1.82) is 0 Å². The number of benzene rings is 2. The number of methoxy groups -OCH3 is 1. The van der Waals surface area contributed by atoms with Crippen LogP contribution in [0.5, 0.6) is 0 Å². The Bertz CT molecular complexity index is 843. The van der Waals surface area contributed by atoms with Crippen LogP contribution in [-0.4, -0.2) is 31.3 Å². The zero-order valence-electron chi connectivity index (χ0n) is 14.5. The van der Waals surface area contributed by atoms with Crippen LogP contribution in [0, 0.1) is 0 Å². The van der Waals surface area contributed by atoms with Gasteiger partial charge in [-0.25, -0.2) is 0 Å². The number of amides is 2. The number of rotatable bonds is 6. The molecule has 134 valence electrons. The molecule has 2 amide bonds. The molecule has 26 heavy (non-hydrogen) atoms. The number of carbonyl (C=O) groups excluding carboxylic acids is 3. The Morgan fingerprint density at radius 3 is 2.27 bits per heavy atom. The van der Waals surface area contributed by atoms with Gasteiger partial charge in [0.25, 0.3) is 11.7 Å². The lowest BCUT2D eigenvalue weighted by Crippen LogP contribution is -2.23. The van der Waals surface area contributed by atoms with Gasteiger partial charge in [0.2, 0.25) is 5.91 Å². The third kappa shape index (κ3) is 4.15. The fraction of sp³-hybridized carbons (Fsp3) is 0.250. The maximum atomic E-state index is 12.4. The van der Waals surface area contributed by atoms with Gasteiger partial charge in [0.05, 0.1) is 0 Å². The molecule has 1 aliphatic rings. The zero-order chi connectivity index (χ0) is 18.5. The van der Waals surface area contributed by atoms with Gasteiger partial charge in [-0.3, -0.25) is 14.4 Å². The van der Waals surface area contributed by atoms with E-state index in [0.717, 1.165) is 24.8 Å². The van der Waals surface area contributed by atoms with Crippen molar-refractivity contribution in [3.05, 3.63) is 59.2 Å². The summed E-state index contributed by atoms with van der Waals surface area (Å²) in [5.74, 6) is -1.51. The van der Waals surface area contributed by atoms with Crippen LogP contribution in [0.15, 0.2) is 42.5 Å². The number of hydrogen-bond acceptors (Lipinski definition) is 4. The molecule has 0 heterocycles. The summed E-state index contributed by atoms with van der Waals surface area (Å²) in [6.45, 7) is -0.0340. The number of fused-ring (bicyclic) bond motifs is 1. The van der Waals surface area contributed by atoms with Crippen LogP contribution in [0.3, 0.4) is 0 Å². The summed E-state index contributed by atoms with van der Waals surface area (Å²) in [5, 5.41) is 5.24. The van der Waals surface area contributed by atoms with Crippen molar-refractivity contribution < 1.29 is 19.1 Å². The van der Waals surface area contributed by atoms with E-state index in [2.05, 4.69) is 10.6 Å². The van der Waals surface area contributed by atoms with Gasteiger partial charge in [0, 0.05) is 24.0 Å². The maximum absolute atomic E-state index is 12.4. The van der Waals surface area contributed by atoms with E-state index >= 15 is 0 Å². The van der Waals surface area contributed by atoms with Crippen molar-refractivity contribution in [1.82, 2.24) is 0 Å². The topological polar surface area (TPSA) is 84.5 Å². The van der Waals surface area contributed by atoms with Crippen LogP contribution in [0.1, 0.15) is 27.9 Å². The Labute approximate surface area is 151 Å². The minimum atomic E-state index is -0.681. The van der Waals surface area contributed by atoms with Crippen molar-refractivity contribution in [2.24, 2.45) is 0 Å². The monoisotopic (exact) mass is 352 g/mol. The summed E-state index contributed by atoms with van der Waals surface area (Å²) in [5.41, 5.74) is 3.88. The summed E-state index contributed by atoms with van der Waals surface area (Å²) in [6.07, 6.45) is 3.07. The van der Waals surface area contributed by atoms with Crippen LogP contribution in [0.25, 0.3) is 0 Å². The number of aryl methyl sites for hydroxylation is 2. The van der Waals surface area contributed by atoms with Gasteiger partial charge >= 0.3 is 0 Å². The van der Waals surface area contributed by atoms with E-state index < -0.39 is 11.7 Å². The quantitative estimate of drug-likeness (QED) is 0.618. The molecule has 0 bridgehead atoms. The predicted molar refractivity (Wildman–Crippen MR) is 98.4 cm³/mol. The molecule has 0 fully saturated rings. The van der Waals surface area contributed by atoms with E-state index in [9.17, 15) is 14.4 Å². The molecule has 0 aliphatic heterocycles. The summed E-state index contributed by atoms with van der Waals surface area (Å²) >= 11 is 0. The van der Waals surface area contributed by atoms with Gasteiger partial charge < -0.3 is 15.4 Å². The molecule has 0 atom stereocenters. The highest BCUT2D eigenvalue weighted by atomic mass is 16.5. The van der Waals surface area contributed by atoms with Gasteiger partial charge in [-0.1, -0.05) is 12.1 Å². The minimum Gasteiger partial charge on any atom is -0.375 e. The number of anilines is 2. The van der Waals surface area contributed by atoms with Gasteiger partial charge in [-0.15, -0.1) is 0 Å². The molecule has 6 nitrogen and oxygen atoms in total. The Morgan fingerprint density at radius 2 is 1.58 bits per heavy atom. The fourth-order valence-electron chi connectivity index (χ4n) is 3.00. The Balaban J connectivity index is 1.62. The fourth-order valence-corrected chi connectivity index (χ4v) is 3.00. The van der Waals surface area contributed by atoms with E-state index in [0.29, 0.717) is 16.9 Å². The minimum absolute atomic E-state index is 0.0340. The molecule has 2 N–H and O–H groups in total. The molecule has 0 saturated carbocycles. The highest BCUT2D eigenvalue weighted by Gasteiger charge is 2.19. The lowest BCUT2D eigenvalue weighted by Gasteiger charge is -2.08. The van der Waals surface area contributed by atoms with E-state index in [1.807, 2.05) is 12.1 Å². The van der Waals surface area contributed by atoms with Gasteiger partial charge in [-0.05, 0) is 60.7 Å². The third-order valence-electron chi connectivity index (χ3n) is 4.27. The third-order valence-corrected chi connectivity index (χ3v) is 4.27. The predicted octanol–water partition coefficient (Wildman–Crippen LogP) is 2.58. The first-order valence-corrected chi connectivity index (χ1v) is 8.43. The maximum Gasteiger partial charge on any atom is 0.296 e. The first kappa shape index (κ1) is 17.8. The summed E-state index contributed by atoms with van der Waals surface area (Å²) in [4.78, 5) is 36.0. The SMILES string of the molecule is COCC(=O)Nc1ccc(NC(=O)C(=O)c2ccc3c(c2)CCC3)cc1. The number of nitrogens with one attached hydrogen (secondary N) is 2. The average Bonchev–Trinajstić information content (AvgIpc) is 3.10. The molecule has 0 aromatic heterocycles. The summed E-state index contributed by atoms with van der Waals surface area (Å²) in [7, 11) is 1.44. The molecule has 0 unspecified atom stereocenters. The van der Waals surface area contributed by atoms with Gasteiger partial charge in [0.1, 0.15) is 6.61 Å². The standard InChI is InChI=1S/C20H20N2O4/c1-26-12-18(23)21-16-7-9-17(10-8-16)22-20(25)19(24)15-6-5-13-3-2-4-14(13)11-15/h5-11H,2-4,12H2,1H3,(H,21,23)(H,22,25). The van der Waals surface area contributed by atoms with Crippen molar-refractivity contribution in [2.75, 3.05) is 24.4 Å². The van der Waals surface area contributed by atoms with E-state index in [1.165, 1.54) is 12.7 Å². The number of hydrogen-bond donors (Lipinski definition) is 2. The van der Waals surface area contributed by atoms with Crippen LogP contribution >= 0.6 is 0 Å². The van der Waals surface area contributed by atoms with Crippen molar-refractivity contribution in [3.63, 3.8) is 0 Å². The molecule has 1 aliphatic carbocycles. The molecule has 3 rings (SSSR count). The molecular formula is C20H20N2O4. The number of ketones is 1. The number of ether oxygens (including phenoxy) is 1. The average molecular weight is 352 g/mol. The normalized spacial score (nSPS) is 12.3. The van der Waals surface area contributed by atoms with E-state index in [1.54, 1.807) is 30.3 Å². The molecule has 6 heteroatoms. The van der Waals surface area contributed by atoms with Gasteiger partial charge in [-0.2, -0.15) is 0 Å². The van der Waals surface area contributed by atoms with Crippen LogP contribution in [0.2, 0.25) is 0 Å². The molecule has 2 aromatic carbocycles. The van der Waals surface area contributed by atoms with Crippen molar-refractivity contribution in [2.45, 2.75) is 19.3 Å². The van der Waals surface area contributed by atoms with Crippen molar-refractivity contribution >= 4 is 29.0 Å². The molecule has 0 spiro atoms. The van der Waals surface area contributed by atoms with Crippen LogP contribution in [-0.2, 0) is 27.2 Å². The first-order valence-electron chi connectivity index (χ1n) is 8.43. The van der Waals surface area contributed by atoms with E-state index in [-0.39, 0.29) is 12.5 Å². The zero-order valence-corrected chi connectivity index (χ0v) is 14.5. The molecular weight excluding hydrogens is 332 g/mol. The smallest absolute Gasteiger partial charge is 0.296 e. The summed E-state index contributed by atoms with van der Waals surface area (Å²) < 4.78 is 4.74. The Hall–Kier alpha value is -2.99. The lowest BCUT2D eigenvalue weighted by atomic mass is 10.0.